The topological polar surface area (TPSA) is 58.6 Å². The zero-order valence-corrected chi connectivity index (χ0v) is 15.3. The molecular formula is C14H23BrN2O3S. The van der Waals surface area contributed by atoms with Gasteiger partial charge in [-0.1, -0.05) is 19.9 Å². The van der Waals surface area contributed by atoms with E-state index in [1.807, 2.05) is 6.07 Å². The maximum atomic E-state index is 12.6. The highest BCUT2D eigenvalue weighted by molar-refractivity contribution is 9.10. The van der Waals surface area contributed by atoms with Crippen LogP contribution in [-0.2, 0) is 21.3 Å². The summed E-state index contributed by atoms with van der Waals surface area (Å²) in [5, 5.41) is 3.28. The molecule has 1 aromatic rings. The fourth-order valence-corrected chi connectivity index (χ4v) is 3.81. The van der Waals surface area contributed by atoms with Crippen LogP contribution >= 0.6 is 15.9 Å². The van der Waals surface area contributed by atoms with E-state index in [0.29, 0.717) is 30.2 Å². The summed E-state index contributed by atoms with van der Waals surface area (Å²) in [4.78, 5) is 0.282. The number of halogens is 1. The number of ether oxygens (including phenoxy) is 1. The highest BCUT2D eigenvalue weighted by atomic mass is 79.9. The number of hydrogen-bond donors (Lipinski definition) is 1. The third-order valence-electron chi connectivity index (χ3n) is 3.01. The SMILES string of the molecule is COCCN(C)S(=O)(=O)c1cc(CNC(C)C)ccc1Br. The summed E-state index contributed by atoms with van der Waals surface area (Å²) in [6.45, 7) is 5.42. The van der Waals surface area contributed by atoms with Gasteiger partial charge in [-0.2, -0.15) is 4.31 Å². The number of rotatable bonds is 8. The van der Waals surface area contributed by atoms with Gasteiger partial charge in [0.05, 0.1) is 11.5 Å². The van der Waals surface area contributed by atoms with Crippen LogP contribution in [0.4, 0.5) is 0 Å². The van der Waals surface area contributed by atoms with Crippen LogP contribution in [0.5, 0.6) is 0 Å². The number of hydrogen-bond acceptors (Lipinski definition) is 4. The van der Waals surface area contributed by atoms with Gasteiger partial charge < -0.3 is 10.1 Å². The van der Waals surface area contributed by atoms with Crippen molar-refractivity contribution < 1.29 is 13.2 Å². The van der Waals surface area contributed by atoms with E-state index in [1.54, 1.807) is 26.3 Å². The predicted molar refractivity (Wildman–Crippen MR) is 87.8 cm³/mol. The maximum Gasteiger partial charge on any atom is 0.244 e. The van der Waals surface area contributed by atoms with Crippen molar-refractivity contribution in [2.75, 3.05) is 27.3 Å². The van der Waals surface area contributed by atoms with Gasteiger partial charge in [-0.3, -0.25) is 0 Å². The van der Waals surface area contributed by atoms with Crippen molar-refractivity contribution in [1.29, 1.82) is 0 Å². The Bertz CT molecular complexity index is 561. The van der Waals surface area contributed by atoms with Crippen LogP contribution in [0.25, 0.3) is 0 Å². The molecule has 0 saturated heterocycles. The molecule has 1 N–H and O–H groups in total. The van der Waals surface area contributed by atoms with Gasteiger partial charge in [0, 0.05) is 37.8 Å². The summed E-state index contributed by atoms with van der Waals surface area (Å²) in [5.41, 5.74) is 0.936. The van der Waals surface area contributed by atoms with Gasteiger partial charge in [-0.15, -0.1) is 0 Å². The largest absolute Gasteiger partial charge is 0.383 e. The van der Waals surface area contributed by atoms with E-state index in [1.165, 1.54) is 4.31 Å². The van der Waals surface area contributed by atoms with Crippen molar-refractivity contribution in [3.05, 3.63) is 28.2 Å². The molecule has 0 unspecified atom stereocenters. The van der Waals surface area contributed by atoms with Crippen molar-refractivity contribution in [1.82, 2.24) is 9.62 Å². The molecule has 1 aromatic carbocycles. The first-order valence-electron chi connectivity index (χ1n) is 6.76. The number of methoxy groups -OCH3 is 1. The first-order chi connectivity index (χ1) is 9.78. The Morgan fingerprint density at radius 2 is 2.05 bits per heavy atom. The first kappa shape index (κ1) is 18.6. The van der Waals surface area contributed by atoms with Crippen LogP contribution in [0.2, 0.25) is 0 Å². The Labute approximate surface area is 135 Å². The summed E-state index contributed by atoms with van der Waals surface area (Å²) >= 11 is 3.33. The zero-order valence-electron chi connectivity index (χ0n) is 12.9. The van der Waals surface area contributed by atoms with Crippen molar-refractivity contribution in [3.8, 4) is 0 Å². The number of benzene rings is 1. The number of likely N-dealkylation sites (N-methyl/N-ethyl adjacent to an activating group) is 1. The van der Waals surface area contributed by atoms with Crippen LogP contribution in [0, 0.1) is 0 Å². The third-order valence-corrected chi connectivity index (χ3v) is 5.86. The fourth-order valence-electron chi connectivity index (χ4n) is 1.69. The van der Waals surface area contributed by atoms with Crippen molar-refractivity contribution in [3.63, 3.8) is 0 Å². The molecule has 0 saturated carbocycles. The third kappa shape index (κ3) is 5.34. The summed E-state index contributed by atoms with van der Waals surface area (Å²) in [6.07, 6.45) is 0. The standard InChI is InChI=1S/C14H23BrN2O3S/c1-11(2)16-10-12-5-6-13(15)14(9-12)21(18,19)17(3)7-8-20-4/h5-6,9,11,16H,7-8,10H2,1-4H3. The predicted octanol–water partition coefficient (Wildman–Crippen LogP) is 2.21. The van der Waals surface area contributed by atoms with Crippen LogP contribution in [-0.4, -0.2) is 46.1 Å². The summed E-state index contributed by atoms with van der Waals surface area (Å²) < 4.78 is 31.9. The minimum Gasteiger partial charge on any atom is -0.383 e. The van der Waals surface area contributed by atoms with Crippen molar-refractivity contribution >= 4 is 26.0 Å². The smallest absolute Gasteiger partial charge is 0.244 e. The highest BCUT2D eigenvalue weighted by Crippen LogP contribution is 2.25. The summed E-state index contributed by atoms with van der Waals surface area (Å²) in [7, 11) is -0.419. The molecule has 0 radical (unpaired) electrons. The molecule has 0 aromatic heterocycles. The van der Waals surface area contributed by atoms with Gasteiger partial charge in [0.2, 0.25) is 10.0 Å². The molecule has 120 valence electrons. The average Bonchev–Trinajstić information content (AvgIpc) is 2.43. The van der Waals surface area contributed by atoms with Crippen LogP contribution < -0.4 is 5.32 Å². The van der Waals surface area contributed by atoms with Gasteiger partial charge in [-0.25, -0.2) is 8.42 Å². The van der Waals surface area contributed by atoms with Gasteiger partial charge in [0.25, 0.3) is 0 Å². The molecule has 0 spiro atoms. The van der Waals surface area contributed by atoms with E-state index in [9.17, 15) is 8.42 Å². The second kappa shape index (κ2) is 8.24. The second-order valence-corrected chi connectivity index (χ2v) is 7.99. The number of nitrogens with zero attached hydrogens (tertiary/aromatic N) is 1. The van der Waals surface area contributed by atoms with E-state index in [0.717, 1.165) is 5.56 Å². The van der Waals surface area contributed by atoms with E-state index < -0.39 is 10.0 Å². The Hall–Kier alpha value is -0.470. The summed E-state index contributed by atoms with van der Waals surface area (Å²) in [5.74, 6) is 0. The molecule has 0 bridgehead atoms. The minimum absolute atomic E-state index is 0.282. The van der Waals surface area contributed by atoms with Gasteiger partial charge in [0.15, 0.2) is 0 Å². The van der Waals surface area contributed by atoms with Crippen LogP contribution in [0.15, 0.2) is 27.6 Å². The molecule has 0 aliphatic rings. The fraction of sp³-hybridized carbons (Fsp3) is 0.571. The molecule has 5 nitrogen and oxygen atoms in total. The van der Waals surface area contributed by atoms with Gasteiger partial charge >= 0.3 is 0 Å². The molecule has 0 atom stereocenters. The Morgan fingerprint density at radius 1 is 1.38 bits per heavy atom. The van der Waals surface area contributed by atoms with Crippen molar-refractivity contribution in [2.24, 2.45) is 0 Å². The Balaban J connectivity index is 3.02. The molecule has 0 aliphatic heterocycles. The van der Waals surface area contributed by atoms with Gasteiger partial charge in [-0.05, 0) is 33.6 Å². The molecule has 1 rings (SSSR count). The van der Waals surface area contributed by atoms with Crippen LogP contribution in [0.1, 0.15) is 19.4 Å². The molecule has 0 amide bonds. The monoisotopic (exact) mass is 378 g/mol. The maximum absolute atomic E-state index is 12.6. The lowest BCUT2D eigenvalue weighted by molar-refractivity contribution is 0.185. The van der Waals surface area contributed by atoms with E-state index in [2.05, 4.69) is 35.1 Å². The van der Waals surface area contributed by atoms with E-state index in [4.69, 9.17) is 4.74 Å². The molecule has 0 heterocycles. The lowest BCUT2D eigenvalue weighted by Gasteiger charge is -2.18. The molecule has 0 fully saturated rings. The normalized spacial score (nSPS) is 12.3. The molecule has 21 heavy (non-hydrogen) atoms. The van der Waals surface area contributed by atoms with E-state index in [-0.39, 0.29) is 4.90 Å². The average molecular weight is 379 g/mol. The number of sulfonamides is 1. The van der Waals surface area contributed by atoms with Crippen LogP contribution in [0.3, 0.4) is 0 Å². The molecular weight excluding hydrogens is 356 g/mol. The molecule has 0 aliphatic carbocycles. The first-order valence-corrected chi connectivity index (χ1v) is 8.99. The second-order valence-electron chi connectivity index (χ2n) is 5.12. The van der Waals surface area contributed by atoms with Crippen molar-refractivity contribution in [2.45, 2.75) is 31.3 Å². The zero-order chi connectivity index (χ0) is 16.0. The minimum atomic E-state index is -3.52. The molecule has 7 heteroatoms. The number of nitrogens with one attached hydrogen (secondary N) is 1. The summed E-state index contributed by atoms with van der Waals surface area (Å²) in [6, 6.07) is 5.73. The van der Waals surface area contributed by atoms with Gasteiger partial charge in [0.1, 0.15) is 0 Å². The lowest BCUT2D eigenvalue weighted by atomic mass is 10.2. The Kier molecular flexibility index (Phi) is 7.29. The lowest BCUT2D eigenvalue weighted by Crippen LogP contribution is -2.30. The Morgan fingerprint density at radius 3 is 2.62 bits per heavy atom. The van der Waals surface area contributed by atoms with E-state index >= 15 is 0 Å². The highest BCUT2D eigenvalue weighted by Gasteiger charge is 2.23. The quantitative estimate of drug-likeness (QED) is 0.753.